The third-order valence-electron chi connectivity index (χ3n) is 3.74. The van der Waals surface area contributed by atoms with E-state index in [0.29, 0.717) is 11.9 Å². The van der Waals surface area contributed by atoms with Gasteiger partial charge in [-0.25, -0.2) is 4.98 Å². The molecule has 0 atom stereocenters. The minimum atomic E-state index is -4.52. The molecule has 9 heteroatoms. The minimum absolute atomic E-state index is 0.0403. The zero-order valence-electron chi connectivity index (χ0n) is 14.2. The molecule has 5 nitrogen and oxygen atoms in total. The number of halogens is 4. The second-order valence-corrected chi connectivity index (χ2v) is 6.19. The zero-order chi connectivity index (χ0) is 19.8. The maximum absolute atomic E-state index is 12.6. The summed E-state index contributed by atoms with van der Waals surface area (Å²) in [6, 6.07) is 7.41. The van der Waals surface area contributed by atoms with Crippen LogP contribution in [0.3, 0.4) is 0 Å². The van der Waals surface area contributed by atoms with E-state index in [2.05, 4.69) is 10.1 Å². The lowest BCUT2D eigenvalue weighted by Gasteiger charge is -2.12. The fourth-order valence-electron chi connectivity index (χ4n) is 2.27. The van der Waals surface area contributed by atoms with Gasteiger partial charge >= 0.3 is 6.18 Å². The molecule has 0 aliphatic carbocycles. The zero-order valence-corrected chi connectivity index (χ0v) is 15.0. The van der Waals surface area contributed by atoms with E-state index in [4.69, 9.17) is 16.3 Å². The summed E-state index contributed by atoms with van der Waals surface area (Å²) in [5.74, 6) is 0.468. The number of nitrogens with zero attached hydrogens (tertiary/aromatic N) is 3. The Labute approximate surface area is 157 Å². The number of hydrogen-bond donors (Lipinski definition) is 0. The second-order valence-electron chi connectivity index (χ2n) is 5.81. The van der Waals surface area contributed by atoms with Gasteiger partial charge in [0, 0.05) is 6.20 Å². The fourth-order valence-corrected chi connectivity index (χ4v) is 2.43. The van der Waals surface area contributed by atoms with Gasteiger partial charge in [0.25, 0.3) is 5.56 Å². The van der Waals surface area contributed by atoms with Crippen LogP contribution in [0.15, 0.2) is 47.5 Å². The van der Waals surface area contributed by atoms with E-state index in [9.17, 15) is 18.0 Å². The molecule has 0 radical (unpaired) electrons. The first-order valence-corrected chi connectivity index (χ1v) is 8.11. The van der Waals surface area contributed by atoms with Crippen LogP contribution in [-0.4, -0.2) is 14.8 Å². The lowest BCUT2D eigenvalue weighted by atomic mass is 10.1. The molecule has 0 N–H and O–H groups in total. The van der Waals surface area contributed by atoms with E-state index < -0.39 is 17.3 Å². The van der Waals surface area contributed by atoms with E-state index in [1.807, 2.05) is 26.0 Å². The summed E-state index contributed by atoms with van der Waals surface area (Å²) >= 11 is 6.09. The van der Waals surface area contributed by atoms with Crippen molar-refractivity contribution < 1.29 is 17.9 Å². The van der Waals surface area contributed by atoms with Gasteiger partial charge in [-0.2, -0.15) is 23.0 Å². The van der Waals surface area contributed by atoms with Crippen molar-refractivity contribution in [3.8, 4) is 17.3 Å². The van der Waals surface area contributed by atoms with Gasteiger partial charge in [-0.3, -0.25) is 4.79 Å². The third kappa shape index (κ3) is 3.95. The SMILES string of the molecule is Cc1ccc(C)c(Oc2cnn(-c3ccc(C(F)(F)F)cn3)c(=O)c2Cl)c1. The molecule has 0 fully saturated rings. The van der Waals surface area contributed by atoms with E-state index in [0.717, 1.165) is 27.9 Å². The Bertz CT molecular complexity index is 1050. The van der Waals surface area contributed by atoms with E-state index in [-0.39, 0.29) is 16.6 Å². The first-order valence-electron chi connectivity index (χ1n) is 7.73. The van der Waals surface area contributed by atoms with Crippen molar-refractivity contribution in [1.82, 2.24) is 14.8 Å². The molecular formula is C18H13ClF3N3O2. The molecule has 140 valence electrons. The Morgan fingerprint density at radius 2 is 1.81 bits per heavy atom. The number of pyridine rings is 1. The quantitative estimate of drug-likeness (QED) is 0.644. The standard InChI is InChI=1S/C18H13ClF3N3O2/c1-10-3-4-11(2)13(7-10)27-14-9-24-25(17(26)16(14)19)15-6-5-12(8-23-15)18(20,21)22/h3-9H,1-2H3. The van der Waals surface area contributed by atoms with Gasteiger partial charge in [0.05, 0.1) is 11.8 Å². The van der Waals surface area contributed by atoms with Gasteiger partial charge < -0.3 is 4.74 Å². The monoisotopic (exact) mass is 395 g/mol. The van der Waals surface area contributed by atoms with Crippen LogP contribution in [0.1, 0.15) is 16.7 Å². The molecule has 0 aliphatic rings. The number of aryl methyl sites for hydroxylation is 2. The van der Waals surface area contributed by atoms with Crippen molar-refractivity contribution >= 4 is 11.6 Å². The predicted molar refractivity (Wildman–Crippen MR) is 93.6 cm³/mol. The van der Waals surface area contributed by atoms with Crippen LogP contribution in [0.2, 0.25) is 5.02 Å². The molecule has 2 heterocycles. The van der Waals surface area contributed by atoms with Gasteiger partial charge in [-0.05, 0) is 43.2 Å². The summed E-state index contributed by atoms with van der Waals surface area (Å²) in [4.78, 5) is 16.1. The molecule has 0 amide bonds. The van der Waals surface area contributed by atoms with Crippen molar-refractivity contribution in [1.29, 1.82) is 0 Å². The van der Waals surface area contributed by atoms with Gasteiger partial charge in [0.1, 0.15) is 5.75 Å². The highest BCUT2D eigenvalue weighted by molar-refractivity contribution is 6.31. The molecular weight excluding hydrogens is 383 g/mol. The predicted octanol–water partition coefficient (Wildman–Crippen LogP) is 4.71. The van der Waals surface area contributed by atoms with Crippen molar-refractivity contribution in [2.45, 2.75) is 20.0 Å². The van der Waals surface area contributed by atoms with Crippen LogP contribution in [0.4, 0.5) is 13.2 Å². The lowest BCUT2D eigenvalue weighted by molar-refractivity contribution is -0.137. The number of benzene rings is 1. The Kier molecular flexibility index (Phi) is 4.93. The molecule has 0 saturated heterocycles. The number of alkyl halides is 3. The average molecular weight is 396 g/mol. The van der Waals surface area contributed by atoms with Crippen molar-refractivity contribution in [3.63, 3.8) is 0 Å². The van der Waals surface area contributed by atoms with Crippen molar-refractivity contribution in [2.24, 2.45) is 0 Å². The molecule has 0 aliphatic heterocycles. The minimum Gasteiger partial charge on any atom is -0.454 e. The number of ether oxygens (including phenoxy) is 1. The Hall–Kier alpha value is -2.87. The molecule has 27 heavy (non-hydrogen) atoms. The summed E-state index contributed by atoms with van der Waals surface area (Å²) in [5, 5.41) is 3.64. The van der Waals surface area contributed by atoms with Crippen molar-refractivity contribution in [2.75, 3.05) is 0 Å². The summed E-state index contributed by atoms with van der Waals surface area (Å²) in [7, 11) is 0. The topological polar surface area (TPSA) is 57.0 Å². The average Bonchev–Trinajstić information content (AvgIpc) is 2.61. The summed E-state index contributed by atoms with van der Waals surface area (Å²) in [5.41, 5.74) is 0.110. The maximum Gasteiger partial charge on any atom is 0.417 e. The van der Waals surface area contributed by atoms with E-state index >= 15 is 0 Å². The van der Waals surface area contributed by atoms with Gasteiger partial charge in [0.2, 0.25) is 0 Å². The third-order valence-corrected chi connectivity index (χ3v) is 4.09. The van der Waals surface area contributed by atoms with Gasteiger partial charge in [-0.1, -0.05) is 23.7 Å². The number of aromatic nitrogens is 3. The van der Waals surface area contributed by atoms with E-state index in [1.165, 1.54) is 6.20 Å². The Morgan fingerprint density at radius 3 is 2.44 bits per heavy atom. The summed E-state index contributed by atoms with van der Waals surface area (Å²) in [6.07, 6.45) is -2.69. The van der Waals surface area contributed by atoms with E-state index in [1.54, 1.807) is 6.07 Å². The van der Waals surface area contributed by atoms with Gasteiger partial charge in [-0.15, -0.1) is 0 Å². The highest BCUT2D eigenvalue weighted by atomic mass is 35.5. The van der Waals surface area contributed by atoms with Crippen LogP contribution in [0, 0.1) is 13.8 Å². The lowest BCUT2D eigenvalue weighted by Crippen LogP contribution is -2.23. The molecule has 3 aromatic rings. The smallest absolute Gasteiger partial charge is 0.417 e. The largest absolute Gasteiger partial charge is 0.454 e. The van der Waals surface area contributed by atoms with Gasteiger partial charge in [0.15, 0.2) is 16.6 Å². The normalized spacial score (nSPS) is 11.5. The molecule has 0 unspecified atom stereocenters. The maximum atomic E-state index is 12.6. The Morgan fingerprint density at radius 1 is 1.07 bits per heavy atom. The highest BCUT2D eigenvalue weighted by Gasteiger charge is 2.30. The second kappa shape index (κ2) is 7.03. The summed E-state index contributed by atoms with van der Waals surface area (Å²) in [6.45, 7) is 3.73. The van der Waals surface area contributed by atoms with Crippen LogP contribution < -0.4 is 10.3 Å². The summed E-state index contributed by atoms with van der Waals surface area (Å²) < 4.78 is 44.4. The molecule has 3 rings (SSSR count). The van der Waals surface area contributed by atoms with Crippen LogP contribution >= 0.6 is 11.6 Å². The Balaban J connectivity index is 1.96. The van der Waals surface area contributed by atoms with Crippen LogP contribution in [0.5, 0.6) is 11.5 Å². The fraction of sp³-hybridized carbons (Fsp3) is 0.167. The van der Waals surface area contributed by atoms with Crippen LogP contribution in [-0.2, 0) is 6.18 Å². The molecule has 0 spiro atoms. The molecule has 0 saturated carbocycles. The van der Waals surface area contributed by atoms with Crippen LogP contribution in [0.25, 0.3) is 5.82 Å². The highest BCUT2D eigenvalue weighted by Crippen LogP contribution is 2.30. The molecule has 1 aromatic carbocycles. The number of hydrogen-bond acceptors (Lipinski definition) is 4. The first kappa shape index (κ1) is 18.9. The molecule has 2 aromatic heterocycles. The molecule has 0 bridgehead atoms. The number of rotatable bonds is 3. The first-order chi connectivity index (χ1) is 12.7. The van der Waals surface area contributed by atoms with Crippen molar-refractivity contribution in [3.05, 3.63) is 74.8 Å².